The summed E-state index contributed by atoms with van der Waals surface area (Å²) in [7, 11) is 0. The maximum absolute atomic E-state index is 13.2. The highest BCUT2D eigenvalue weighted by molar-refractivity contribution is 5.76. The SMILES string of the molecule is O=C(CC1CCN(Cc2ccccc2C(F)(F)F)CC1)N1CC2CCCC2C1. The fourth-order valence-electron chi connectivity index (χ4n) is 5.34. The van der Waals surface area contributed by atoms with Gasteiger partial charge in [0.1, 0.15) is 0 Å². The molecule has 28 heavy (non-hydrogen) atoms. The predicted molar refractivity (Wildman–Crippen MR) is 101 cm³/mol. The van der Waals surface area contributed by atoms with E-state index in [-0.39, 0.29) is 5.91 Å². The van der Waals surface area contributed by atoms with Crippen LogP contribution in [0, 0.1) is 17.8 Å². The Morgan fingerprint density at radius 3 is 2.29 bits per heavy atom. The quantitative estimate of drug-likeness (QED) is 0.747. The third-order valence-electron chi connectivity index (χ3n) is 6.97. The van der Waals surface area contributed by atoms with Crippen LogP contribution in [0.15, 0.2) is 24.3 Å². The Morgan fingerprint density at radius 1 is 1.00 bits per heavy atom. The molecule has 3 nitrogen and oxygen atoms in total. The number of alkyl halides is 3. The molecule has 2 heterocycles. The first-order valence-corrected chi connectivity index (χ1v) is 10.6. The molecule has 2 unspecified atom stereocenters. The van der Waals surface area contributed by atoms with Crippen LogP contribution in [-0.2, 0) is 17.5 Å². The molecule has 2 aliphatic heterocycles. The second kappa shape index (κ2) is 8.05. The Hall–Kier alpha value is -1.56. The molecular weight excluding hydrogens is 365 g/mol. The second-order valence-corrected chi connectivity index (χ2v) is 8.83. The number of piperidine rings is 1. The van der Waals surface area contributed by atoms with Gasteiger partial charge in [0.05, 0.1) is 5.56 Å². The van der Waals surface area contributed by atoms with Gasteiger partial charge in [0.2, 0.25) is 5.91 Å². The Labute approximate surface area is 164 Å². The van der Waals surface area contributed by atoms with Crippen LogP contribution in [0.1, 0.15) is 49.7 Å². The molecule has 6 heteroatoms. The molecular formula is C22H29F3N2O. The smallest absolute Gasteiger partial charge is 0.342 e. The molecule has 4 rings (SSSR count). The number of halogens is 3. The van der Waals surface area contributed by atoms with Crippen LogP contribution in [0.25, 0.3) is 0 Å². The van der Waals surface area contributed by atoms with Crippen molar-refractivity contribution < 1.29 is 18.0 Å². The Bertz CT molecular complexity index is 685. The first-order chi connectivity index (χ1) is 13.4. The first-order valence-electron chi connectivity index (χ1n) is 10.6. The van der Waals surface area contributed by atoms with Gasteiger partial charge in [-0.1, -0.05) is 24.6 Å². The summed E-state index contributed by atoms with van der Waals surface area (Å²) in [4.78, 5) is 16.8. The summed E-state index contributed by atoms with van der Waals surface area (Å²) in [6, 6.07) is 5.84. The van der Waals surface area contributed by atoms with Gasteiger partial charge in [-0.3, -0.25) is 9.69 Å². The minimum absolute atomic E-state index is 0.287. The first kappa shape index (κ1) is 19.7. The van der Waals surface area contributed by atoms with E-state index in [2.05, 4.69) is 9.80 Å². The van der Waals surface area contributed by atoms with Crippen molar-refractivity contribution in [1.82, 2.24) is 9.80 Å². The molecule has 3 aliphatic rings. The lowest BCUT2D eigenvalue weighted by Gasteiger charge is -2.33. The fourth-order valence-corrected chi connectivity index (χ4v) is 5.34. The fraction of sp³-hybridized carbons (Fsp3) is 0.682. The van der Waals surface area contributed by atoms with Crippen molar-refractivity contribution in [3.05, 3.63) is 35.4 Å². The third-order valence-corrected chi connectivity index (χ3v) is 6.97. The number of rotatable bonds is 4. The predicted octanol–water partition coefficient (Wildman–Crippen LogP) is 4.57. The van der Waals surface area contributed by atoms with Gasteiger partial charge in [-0.2, -0.15) is 13.2 Å². The van der Waals surface area contributed by atoms with Gasteiger partial charge in [-0.25, -0.2) is 0 Å². The van der Waals surface area contributed by atoms with Crippen molar-refractivity contribution in [2.75, 3.05) is 26.2 Å². The molecule has 1 saturated carbocycles. The lowest BCUT2D eigenvalue weighted by molar-refractivity contribution is -0.138. The maximum atomic E-state index is 13.2. The molecule has 0 bridgehead atoms. The summed E-state index contributed by atoms with van der Waals surface area (Å²) in [6.07, 6.45) is 1.93. The van der Waals surface area contributed by atoms with E-state index in [1.54, 1.807) is 12.1 Å². The summed E-state index contributed by atoms with van der Waals surface area (Å²) in [5.41, 5.74) is -0.194. The van der Waals surface area contributed by atoms with Gasteiger partial charge in [0, 0.05) is 26.1 Å². The zero-order valence-electron chi connectivity index (χ0n) is 16.3. The van der Waals surface area contributed by atoms with Crippen LogP contribution in [0.3, 0.4) is 0 Å². The van der Waals surface area contributed by atoms with Crippen LogP contribution < -0.4 is 0 Å². The van der Waals surface area contributed by atoms with Gasteiger partial charge in [0.15, 0.2) is 0 Å². The minimum Gasteiger partial charge on any atom is -0.342 e. The number of carbonyl (C=O) groups is 1. The molecule has 1 aromatic rings. The molecule has 0 spiro atoms. The van der Waals surface area contributed by atoms with E-state index in [0.717, 1.165) is 56.9 Å². The normalized spacial score (nSPS) is 26.6. The number of hydrogen-bond donors (Lipinski definition) is 0. The lowest BCUT2D eigenvalue weighted by atomic mass is 9.92. The number of nitrogens with zero attached hydrogens (tertiary/aromatic N) is 2. The Balaban J connectivity index is 1.26. The highest BCUT2D eigenvalue weighted by Gasteiger charge is 2.38. The van der Waals surface area contributed by atoms with E-state index in [1.807, 2.05) is 0 Å². The topological polar surface area (TPSA) is 23.6 Å². The largest absolute Gasteiger partial charge is 0.416 e. The number of carbonyl (C=O) groups excluding carboxylic acids is 1. The molecule has 2 saturated heterocycles. The van der Waals surface area contributed by atoms with Crippen LogP contribution >= 0.6 is 0 Å². The average molecular weight is 394 g/mol. The van der Waals surface area contributed by atoms with Crippen LogP contribution in [0.2, 0.25) is 0 Å². The minimum atomic E-state index is -4.31. The number of benzene rings is 1. The van der Waals surface area contributed by atoms with Gasteiger partial charge < -0.3 is 4.90 Å². The van der Waals surface area contributed by atoms with Gasteiger partial charge >= 0.3 is 6.18 Å². The zero-order valence-corrected chi connectivity index (χ0v) is 16.3. The number of amides is 1. The van der Waals surface area contributed by atoms with Crippen molar-refractivity contribution >= 4 is 5.91 Å². The Kier molecular flexibility index (Phi) is 5.68. The second-order valence-electron chi connectivity index (χ2n) is 8.83. The number of likely N-dealkylation sites (tertiary alicyclic amines) is 2. The molecule has 3 fully saturated rings. The lowest BCUT2D eigenvalue weighted by Crippen LogP contribution is -2.37. The van der Waals surface area contributed by atoms with E-state index >= 15 is 0 Å². The van der Waals surface area contributed by atoms with Gasteiger partial charge in [-0.15, -0.1) is 0 Å². The summed E-state index contributed by atoms with van der Waals surface area (Å²) in [5, 5.41) is 0. The van der Waals surface area contributed by atoms with Gasteiger partial charge in [-0.05, 0) is 68.2 Å². The monoisotopic (exact) mass is 394 g/mol. The van der Waals surface area contributed by atoms with Crippen LogP contribution in [0.4, 0.5) is 13.2 Å². The van der Waals surface area contributed by atoms with E-state index < -0.39 is 11.7 Å². The maximum Gasteiger partial charge on any atom is 0.416 e. The summed E-state index contributed by atoms with van der Waals surface area (Å²) in [5.74, 6) is 2.09. The standard InChI is InChI=1S/C22H29F3N2O/c23-22(24,25)20-7-2-1-4-19(20)13-26-10-8-16(9-11-26)12-21(28)27-14-17-5-3-6-18(17)15-27/h1-2,4,7,16-18H,3,5-6,8-15H2. The number of fused-ring (bicyclic) bond motifs is 1. The molecule has 2 atom stereocenters. The van der Waals surface area contributed by atoms with Crippen molar-refractivity contribution in [3.63, 3.8) is 0 Å². The van der Waals surface area contributed by atoms with Crippen molar-refractivity contribution in [3.8, 4) is 0 Å². The highest BCUT2D eigenvalue weighted by Crippen LogP contribution is 2.38. The zero-order chi connectivity index (χ0) is 19.7. The van der Waals surface area contributed by atoms with Crippen LogP contribution in [-0.4, -0.2) is 41.9 Å². The summed E-state index contributed by atoms with van der Waals surface area (Å²) in [6.45, 7) is 3.73. The summed E-state index contributed by atoms with van der Waals surface area (Å²) >= 11 is 0. The van der Waals surface area contributed by atoms with Crippen molar-refractivity contribution in [2.24, 2.45) is 17.8 Å². The third kappa shape index (κ3) is 4.37. The van der Waals surface area contributed by atoms with Gasteiger partial charge in [0.25, 0.3) is 0 Å². The molecule has 0 aromatic heterocycles. The number of hydrogen-bond acceptors (Lipinski definition) is 2. The van der Waals surface area contributed by atoms with Crippen LogP contribution in [0.5, 0.6) is 0 Å². The average Bonchev–Trinajstić information content (AvgIpc) is 3.25. The van der Waals surface area contributed by atoms with E-state index in [0.29, 0.717) is 24.4 Å². The van der Waals surface area contributed by atoms with Crippen molar-refractivity contribution in [2.45, 2.75) is 51.2 Å². The molecule has 1 amide bonds. The Morgan fingerprint density at radius 2 is 1.64 bits per heavy atom. The van der Waals surface area contributed by atoms with Crippen molar-refractivity contribution in [1.29, 1.82) is 0 Å². The molecule has 154 valence electrons. The van der Waals surface area contributed by atoms with E-state index in [9.17, 15) is 18.0 Å². The molecule has 0 N–H and O–H groups in total. The molecule has 1 aliphatic carbocycles. The molecule has 0 radical (unpaired) electrons. The highest BCUT2D eigenvalue weighted by atomic mass is 19.4. The molecule has 1 aromatic carbocycles. The van der Waals surface area contributed by atoms with E-state index in [1.165, 1.54) is 25.3 Å². The summed E-state index contributed by atoms with van der Waals surface area (Å²) < 4.78 is 39.5. The van der Waals surface area contributed by atoms with E-state index in [4.69, 9.17) is 0 Å².